The van der Waals surface area contributed by atoms with E-state index in [2.05, 4.69) is 37.8 Å². The molecule has 0 spiro atoms. The lowest BCUT2D eigenvalue weighted by Gasteiger charge is -2.29. The van der Waals surface area contributed by atoms with Crippen molar-refractivity contribution in [3.05, 3.63) is 36.1 Å². The van der Waals surface area contributed by atoms with Gasteiger partial charge < -0.3 is 15.0 Å². The summed E-state index contributed by atoms with van der Waals surface area (Å²) in [4.78, 5) is 14.2. The van der Waals surface area contributed by atoms with Gasteiger partial charge in [-0.1, -0.05) is 32.6 Å². The average molecular weight is 363 g/mol. The first-order valence-corrected chi connectivity index (χ1v) is 9.32. The molecule has 2 heterocycles. The van der Waals surface area contributed by atoms with Crippen molar-refractivity contribution >= 4 is 5.91 Å². The summed E-state index contributed by atoms with van der Waals surface area (Å²) < 4.78 is 7.62. The first-order chi connectivity index (χ1) is 12.3. The zero-order chi connectivity index (χ0) is 19.7. The van der Waals surface area contributed by atoms with E-state index in [0.717, 1.165) is 11.3 Å². The number of carbonyl (C=O) groups excluding carboxylic acids is 1. The number of nitrogens with zero attached hydrogens (tertiary/aromatic N) is 3. The summed E-state index contributed by atoms with van der Waals surface area (Å²) in [6.45, 7) is 18.6. The minimum absolute atomic E-state index is 0.0656. The molecule has 1 aromatic rings. The van der Waals surface area contributed by atoms with Gasteiger partial charge in [-0.2, -0.15) is 0 Å². The van der Waals surface area contributed by atoms with Gasteiger partial charge in [0.2, 0.25) is 11.8 Å². The Bertz CT molecular complexity index is 626. The highest BCUT2D eigenvalue weighted by molar-refractivity contribution is 5.78. The molecule has 0 saturated heterocycles. The fourth-order valence-corrected chi connectivity index (χ4v) is 2.39. The minimum Gasteiger partial charge on any atom is -0.472 e. The number of rotatable bonds is 6. The number of ether oxygens (including phenoxy) is 1. The Morgan fingerprint density at radius 1 is 1.38 bits per heavy atom. The summed E-state index contributed by atoms with van der Waals surface area (Å²) >= 11 is 0. The number of hydrogen-bond donors (Lipinski definition) is 1. The topological polar surface area (TPSA) is 59.4 Å². The van der Waals surface area contributed by atoms with Crippen LogP contribution in [0.1, 0.15) is 47.2 Å². The van der Waals surface area contributed by atoms with Crippen LogP contribution in [0, 0.1) is 0 Å². The molecular formula is C20H34N4O2. The van der Waals surface area contributed by atoms with Gasteiger partial charge in [0.15, 0.2) is 0 Å². The maximum atomic E-state index is 12.3. The molecule has 0 fully saturated rings. The molecule has 1 amide bonds. The first kappa shape index (κ1) is 22.0. The van der Waals surface area contributed by atoms with Crippen LogP contribution in [0.5, 0.6) is 5.88 Å². The molecule has 0 atom stereocenters. The summed E-state index contributed by atoms with van der Waals surface area (Å²) in [5.41, 5.74) is 1.95. The molecule has 1 aliphatic heterocycles. The van der Waals surface area contributed by atoms with Gasteiger partial charge in [0.25, 0.3) is 0 Å². The van der Waals surface area contributed by atoms with E-state index in [1.807, 2.05) is 42.5 Å². The summed E-state index contributed by atoms with van der Waals surface area (Å²) in [6, 6.07) is 1.91. The number of nitrogens with one attached hydrogen (secondary N) is 1. The number of aromatic nitrogens is 2. The number of fused-ring (bicyclic) bond motifs is 1. The third kappa shape index (κ3) is 6.67. The second-order valence-corrected chi connectivity index (χ2v) is 6.97. The summed E-state index contributed by atoms with van der Waals surface area (Å²) in [7, 11) is 0. The van der Waals surface area contributed by atoms with E-state index in [-0.39, 0.29) is 11.4 Å². The van der Waals surface area contributed by atoms with E-state index in [1.54, 1.807) is 6.08 Å². The van der Waals surface area contributed by atoms with Gasteiger partial charge >= 0.3 is 0 Å². The van der Waals surface area contributed by atoms with Crippen LogP contribution in [0.15, 0.2) is 30.4 Å². The molecule has 0 radical (unpaired) electrons. The highest BCUT2D eigenvalue weighted by atomic mass is 16.5. The molecule has 1 aromatic heterocycles. The molecule has 146 valence electrons. The highest BCUT2D eigenvalue weighted by Gasteiger charge is 2.23. The fourth-order valence-electron chi connectivity index (χ4n) is 2.39. The van der Waals surface area contributed by atoms with Crippen LogP contribution >= 0.6 is 0 Å². The van der Waals surface area contributed by atoms with Crippen molar-refractivity contribution < 1.29 is 9.53 Å². The third-order valence-corrected chi connectivity index (χ3v) is 3.92. The van der Waals surface area contributed by atoms with Gasteiger partial charge in [0.1, 0.15) is 6.61 Å². The summed E-state index contributed by atoms with van der Waals surface area (Å²) in [6.07, 6.45) is 3.74. The Balaban J connectivity index is 0.00000163. The Hall–Kier alpha value is -2.08. The molecule has 1 N–H and O–H groups in total. The molecule has 0 unspecified atom stereocenters. The second kappa shape index (κ2) is 10.2. The SMILES string of the molecule is C=C/C(=C\C)COc1cc2n(n1)CCN(C(=O)CNC(C)(C)C)C2.CC. The quantitative estimate of drug-likeness (QED) is 0.790. The van der Waals surface area contributed by atoms with Crippen molar-refractivity contribution in [1.29, 1.82) is 0 Å². The molecule has 26 heavy (non-hydrogen) atoms. The van der Waals surface area contributed by atoms with Crippen LogP contribution in [0.4, 0.5) is 0 Å². The van der Waals surface area contributed by atoms with Crippen LogP contribution in [0.3, 0.4) is 0 Å². The van der Waals surface area contributed by atoms with Gasteiger partial charge in [-0.25, -0.2) is 0 Å². The van der Waals surface area contributed by atoms with Gasteiger partial charge in [-0.3, -0.25) is 9.48 Å². The lowest BCUT2D eigenvalue weighted by Crippen LogP contribution is -2.47. The maximum absolute atomic E-state index is 12.3. The Kier molecular flexibility index (Phi) is 8.58. The molecule has 6 nitrogen and oxygen atoms in total. The van der Waals surface area contributed by atoms with Crippen molar-refractivity contribution in [2.24, 2.45) is 0 Å². The van der Waals surface area contributed by atoms with Crippen molar-refractivity contribution in [3.8, 4) is 5.88 Å². The molecule has 2 rings (SSSR count). The smallest absolute Gasteiger partial charge is 0.236 e. The molecule has 6 heteroatoms. The lowest BCUT2D eigenvalue weighted by atomic mass is 10.1. The molecule has 1 aliphatic rings. The van der Waals surface area contributed by atoms with E-state index in [1.165, 1.54) is 0 Å². The minimum atomic E-state index is -0.0656. The van der Waals surface area contributed by atoms with Crippen LogP contribution in [-0.2, 0) is 17.9 Å². The number of amides is 1. The van der Waals surface area contributed by atoms with E-state index in [9.17, 15) is 4.79 Å². The fraction of sp³-hybridized carbons (Fsp3) is 0.600. The number of hydrogen-bond acceptors (Lipinski definition) is 4. The highest BCUT2D eigenvalue weighted by Crippen LogP contribution is 2.18. The summed E-state index contributed by atoms with van der Waals surface area (Å²) in [5.74, 6) is 0.705. The van der Waals surface area contributed by atoms with Crippen LogP contribution < -0.4 is 10.1 Å². The Labute approximate surface area is 157 Å². The zero-order valence-electron chi connectivity index (χ0n) is 17.1. The van der Waals surface area contributed by atoms with Gasteiger partial charge in [0, 0.05) is 18.2 Å². The van der Waals surface area contributed by atoms with Gasteiger partial charge in [-0.15, -0.1) is 5.10 Å². The molecule has 0 aliphatic carbocycles. The van der Waals surface area contributed by atoms with E-state index < -0.39 is 0 Å². The predicted molar refractivity (Wildman–Crippen MR) is 106 cm³/mol. The normalized spacial score (nSPS) is 14.2. The number of allylic oxidation sites excluding steroid dienone is 1. The van der Waals surface area contributed by atoms with Gasteiger partial charge in [-0.05, 0) is 33.3 Å². The second-order valence-electron chi connectivity index (χ2n) is 6.97. The van der Waals surface area contributed by atoms with Crippen molar-refractivity contribution in [3.63, 3.8) is 0 Å². The van der Waals surface area contributed by atoms with E-state index in [0.29, 0.717) is 38.7 Å². The van der Waals surface area contributed by atoms with Crippen LogP contribution in [-0.4, -0.2) is 45.8 Å². The van der Waals surface area contributed by atoms with E-state index >= 15 is 0 Å². The zero-order valence-corrected chi connectivity index (χ0v) is 17.1. The largest absolute Gasteiger partial charge is 0.472 e. The summed E-state index contributed by atoms with van der Waals surface area (Å²) in [5, 5.41) is 7.69. The van der Waals surface area contributed by atoms with Crippen LogP contribution in [0.2, 0.25) is 0 Å². The van der Waals surface area contributed by atoms with Crippen molar-refractivity contribution in [2.45, 2.75) is 60.2 Å². The van der Waals surface area contributed by atoms with Crippen molar-refractivity contribution in [1.82, 2.24) is 20.0 Å². The molecular weight excluding hydrogens is 328 g/mol. The van der Waals surface area contributed by atoms with Crippen LogP contribution in [0.25, 0.3) is 0 Å². The third-order valence-electron chi connectivity index (χ3n) is 3.92. The molecule has 0 aromatic carbocycles. The monoisotopic (exact) mass is 362 g/mol. The average Bonchev–Trinajstić information content (AvgIpc) is 3.03. The Morgan fingerprint density at radius 3 is 2.65 bits per heavy atom. The molecule has 0 saturated carbocycles. The standard InChI is InChI=1S/C18H28N4O2.C2H6/c1-6-14(7-2)13-24-16-10-15-12-21(8-9-22(15)20-16)17(23)11-19-18(3,4)5;1-2/h6-7,10,19H,1,8-9,11-13H2,2-5H3;1-2H3/b14-7+;. The lowest BCUT2D eigenvalue weighted by molar-refractivity contribution is -0.132. The predicted octanol–water partition coefficient (Wildman–Crippen LogP) is 3.15. The van der Waals surface area contributed by atoms with Crippen molar-refractivity contribution in [2.75, 3.05) is 19.7 Å². The van der Waals surface area contributed by atoms with Gasteiger partial charge in [0.05, 0.1) is 25.3 Å². The number of carbonyl (C=O) groups is 1. The Morgan fingerprint density at radius 2 is 2.08 bits per heavy atom. The molecule has 0 bridgehead atoms. The first-order valence-electron chi connectivity index (χ1n) is 9.32. The van der Waals surface area contributed by atoms with E-state index in [4.69, 9.17) is 4.74 Å². The maximum Gasteiger partial charge on any atom is 0.236 e.